The van der Waals surface area contributed by atoms with Crippen molar-refractivity contribution in [3.8, 4) is 0 Å². The zero-order valence-corrected chi connectivity index (χ0v) is 21.6. The molecular weight excluding hydrogens is 412 g/mol. The lowest BCUT2D eigenvalue weighted by Gasteiger charge is -2.61. The first-order chi connectivity index (χ1) is 15.6. The van der Waals surface area contributed by atoms with Gasteiger partial charge in [-0.2, -0.15) is 0 Å². The molecule has 186 valence electrons. The van der Waals surface area contributed by atoms with Gasteiger partial charge in [0.25, 0.3) is 0 Å². The minimum atomic E-state index is -0.805. The summed E-state index contributed by atoms with van der Waals surface area (Å²) < 4.78 is 5.89. The van der Waals surface area contributed by atoms with Gasteiger partial charge in [-0.25, -0.2) is 4.79 Å². The molecule has 0 spiro atoms. The van der Waals surface area contributed by atoms with Gasteiger partial charge in [-0.1, -0.05) is 47.0 Å². The molecular formula is C29H46O4. The number of carboxylic acid groups (broad SMARTS) is 1. The highest BCUT2D eigenvalue weighted by Gasteiger charge is 2.62. The number of rotatable bonds is 6. The van der Waals surface area contributed by atoms with Crippen LogP contribution in [0.5, 0.6) is 0 Å². The smallest absolute Gasteiger partial charge is 0.331 e. The molecule has 0 aliphatic heterocycles. The van der Waals surface area contributed by atoms with Crippen LogP contribution in [-0.2, 0) is 14.3 Å². The Bertz CT molecular complexity index is 797. The number of fused-ring (bicyclic) bond motifs is 5. The maximum Gasteiger partial charge on any atom is 0.331 e. The Kier molecular flexibility index (Phi) is 7.05. The Hall–Kier alpha value is -1.32. The minimum Gasteiger partial charge on any atom is -0.478 e. The van der Waals surface area contributed by atoms with Gasteiger partial charge in [-0.05, 0) is 104 Å². The summed E-state index contributed by atoms with van der Waals surface area (Å²) >= 11 is 0. The Labute approximate surface area is 200 Å². The number of carboxylic acids is 1. The van der Waals surface area contributed by atoms with E-state index in [2.05, 4.69) is 27.7 Å². The summed E-state index contributed by atoms with van der Waals surface area (Å²) in [6.45, 7) is 10.8. The molecule has 0 aromatic carbocycles. The molecule has 4 fully saturated rings. The largest absolute Gasteiger partial charge is 0.478 e. The molecule has 4 aliphatic rings. The fourth-order valence-corrected chi connectivity index (χ4v) is 9.00. The van der Waals surface area contributed by atoms with Gasteiger partial charge in [-0.15, -0.1) is 0 Å². The van der Waals surface area contributed by atoms with Crippen LogP contribution in [0.25, 0.3) is 0 Å². The molecule has 0 aromatic rings. The van der Waals surface area contributed by atoms with Crippen LogP contribution in [0.4, 0.5) is 0 Å². The second kappa shape index (κ2) is 9.38. The standard InChI is InChI=1S/C29H46O4/c1-18(2)9-8-11-21(27(31)32)26-24-15-14-22-23(29(24,5)17-25(26)33-19(3)30)13-12-20-10-6-7-16-28(20,22)4/h18,20,22-25H,6-17H2,1-5H3,(H,31,32)/b26-21-/t20?,22-,23?,24?,25+,28+,29-/m1/s1. The van der Waals surface area contributed by atoms with Crippen molar-refractivity contribution in [3.05, 3.63) is 11.1 Å². The number of esters is 1. The van der Waals surface area contributed by atoms with Gasteiger partial charge in [0, 0.05) is 12.5 Å². The van der Waals surface area contributed by atoms with E-state index in [1.165, 1.54) is 51.9 Å². The van der Waals surface area contributed by atoms with E-state index in [0.717, 1.165) is 43.1 Å². The topological polar surface area (TPSA) is 63.6 Å². The van der Waals surface area contributed by atoms with Gasteiger partial charge in [0.15, 0.2) is 0 Å². The second-order valence-electron chi connectivity index (χ2n) is 12.7. The van der Waals surface area contributed by atoms with Crippen LogP contribution in [0.15, 0.2) is 11.1 Å². The lowest BCUT2D eigenvalue weighted by molar-refractivity contribution is -0.146. The van der Waals surface area contributed by atoms with Crippen LogP contribution < -0.4 is 0 Å². The average molecular weight is 459 g/mol. The highest BCUT2D eigenvalue weighted by molar-refractivity contribution is 5.88. The van der Waals surface area contributed by atoms with Gasteiger partial charge in [0.2, 0.25) is 0 Å². The molecule has 4 nitrogen and oxygen atoms in total. The van der Waals surface area contributed by atoms with E-state index in [4.69, 9.17) is 4.74 Å². The Balaban J connectivity index is 1.70. The SMILES string of the molecule is CC(=O)O[C@H]1C[C@@]2(C)C(CC[C@@H]3C2CCC2CCCC[C@@]23C)/C1=C(\CCCC(C)C)C(=O)O. The summed E-state index contributed by atoms with van der Waals surface area (Å²) in [5.74, 6) is 1.90. The van der Waals surface area contributed by atoms with E-state index < -0.39 is 5.97 Å². The lowest BCUT2D eigenvalue weighted by atomic mass is 9.44. The van der Waals surface area contributed by atoms with E-state index in [1.54, 1.807) is 0 Å². The number of carbonyl (C=O) groups is 2. The first-order valence-electron chi connectivity index (χ1n) is 13.7. The van der Waals surface area contributed by atoms with Gasteiger partial charge in [-0.3, -0.25) is 4.79 Å². The molecule has 4 rings (SSSR count). The number of aliphatic carboxylic acids is 1. The second-order valence-corrected chi connectivity index (χ2v) is 12.7. The van der Waals surface area contributed by atoms with Crippen molar-refractivity contribution in [3.63, 3.8) is 0 Å². The molecule has 0 radical (unpaired) electrons. The normalized spacial score (nSPS) is 41.7. The summed E-state index contributed by atoms with van der Waals surface area (Å²) in [6, 6.07) is 0. The van der Waals surface area contributed by atoms with Crippen LogP contribution >= 0.6 is 0 Å². The molecule has 4 aliphatic carbocycles. The lowest BCUT2D eigenvalue weighted by Crippen LogP contribution is -2.53. The molecule has 0 aromatic heterocycles. The molecule has 3 unspecified atom stereocenters. The minimum absolute atomic E-state index is 0.0303. The van der Waals surface area contributed by atoms with Crippen LogP contribution in [0.2, 0.25) is 0 Å². The van der Waals surface area contributed by atoms with Gasteiger partial charge in [0.05, 0.1) is 0 Å². The molecule has 1 N–H and O–H groups in total. The molecule has 4 saturated carbocycles. The predicted octanol–water partition coefficient (Wildman–Crippen LogP) is 7.17. The number of hydrogen-bond acceptors (Lipinski definition) is 3. The van der Waals surface area contributed by atoms with Crippen molar-refractivity contribution in [1.29, 1.82) is 0 Å². The van der Waals surface area contributed by atoms with E-state index >= 15 is 0 Å². The highest BCUT2D eigenvalue weighted by Crippen LogP contribution is 2.68. The summed E-state index contributed by atoms with van der Waals surface area (Å²) in [5, 5.41) is 10.3. The molecule has 0 saturated heterocycles. The Morgan fingerprint density at radius 1 is 1.03 bits per heavy atom. The van der Waals surface area contributed by atoms with Crippen molar-refractivity contribution >= 4 is 11.9 Å². The van der Waals surface area contributed by atoms with Crippen molar-refractivity contribution < 1.29 is 19.4 Å². The molecule has 4 heteroatoms. The average Bonchev–Trinajstić information content (AvgIpc) is 3.01. The third-order valence-corrected chi connectivity index (χ3v) is 10.5. The van der Waals surface area contributed by atoms with Crippen LogP contribution in [0.3, 0.4) is 0 Å². The van der Waals surface area contributed by atoms with Gasteiger partial charge >= 0.3 is 11.9 Å². The highest BCUT2D eigenvalue weighted by atomic mass is 16.5. The number of hydrogen-bond donors (Lipinski definition) is 1. The molecule has 7 atom stereocenters. The first kappa shape index (κ1) is 24.8. The summed E-state index contributed by atoms with van der Waals surface area (Å²) in [5.41, 5.74) is 1.98. The quantitative estimate of drug-likeness (QED) is 0.338. The maximum atomic E-state index is 12.5. The number of ether oxygens (including phenoxy) is 1. The fourth-order valence-electron chi connectivity index (χ4n) is 9.00. The summed E-state index contributed by atoms with van der Waals surface area (Å²) in [6.07, 6.45) is 13.2. The van der Waals surface area contributed by atoms with Crippen molar-refractivity contribution in [2.75, 3.05) is 0 Å². The van der Waals surface area contributed by atoms with Crippen LogP contribution in [0, 0.1) is 40.4 Å². The number of carbonyl (C=O) groups excluding carboxylic acids is 1. The molecule has 0 heterocycles. The van der Waals surface area contributed by atoms with E-state index in [1.807, 2.05) is 0 Å². The third kappa shape index (κ3) is 4.41. The first-order valence-corrected chi connectivity index (χ1v) is 13.7. The maximum absolute atomic E-state index is 12.5. The van der Waals surface area contributed by atoms with Crippen LogP contribution in [-0.4, -0.2) is 23.1 Å². The van der Waals surface area contributed by atoms with Gasteiger partial charge < -0.3 is 9.84 Å². The molecule has 0 amide bonds. The summed E-state index contributed by atoms with van der Waals surface area (Å²) in [7, 11) is 0. The zero-order chi connectivity index (χ0) is 24.0. The van der Waals surface area contributed by atoms with Crippen LogP contribution in [0.1, 0.15) is 112 Å². The van der Waals surface area contributed by atoms with Crippen molar-refractivity contribution in [2.45, 2.75) is 118 Å². The van der Waals surface area contributed by atoms with Gasteiger partial charge in [0.1, 0.15) is 6.10 Å². The Morgan fingerprint density at radius 2 is 1.73 bits per heavy atom. The van der Waals surface area contributed by atoms with E-state index in [9.17, 15) is 14.7 Å². The monoisotopic (exact) mass is 458 g/mol. The van der Waals surface area contributed by atoms with Crippen molar-refractivity contribution in [2.24, 2.45) is 40.4 Å². The molecule has 33 heavy (non-hydrogen) atoms. The summed E-state index contributed by atoms with van der Waals surface area (Å²) in [4.78, 5) is 24.6. The zero-order valence-electron chi connectivity index (χ0n) is 21.6. The van der Waals surface area contributed by atoms with Crippen molar-refractivity contribution in [1.82, 2.24) is 0 Å². The molecule has 0 bridgehead atoms. The Morgan fingerprint density at radius 3 is 2.39 bits per heavy atom. The third-order valence-electron chi connectivity index (χ3n) is 10.5. The van der Waals surface area contributed by atoms with E-state index in [0.29, 0.717) is 29.2 Å². The predicted molar refractivity (Wildman–Crippen MR) is 131 cm³/mol. The fraction of sp³-hybridized carbons (Fsp3) is 0.862. The van der Waals surface area contributed by atoms with E-state index in [-0.39, 0.29) is 23.4 Å².